The predicted octanol–water partition coefficient (Wildman–Crippen LogP) is 3.62. The molecule has 2 heterocycles. The van der Waals surface area contributed by atoms with Crippen molar-refractivity contribution in [3.05, 3.63) is 53.7 Å². The number of pyridine rings is 1. The number of anilines is 3. The summed E-state index contributed by atoms with van der Waals surface area (Å²) >= 11 is 0. The van der Waals surface area contributed by atoms with Crippen LogP contribution < -0.4 is 10.6 Å². The smallest absolute Gasteiger partial charge is 0.235 e. The van der Waals surface area contributed by atoms with Crippen LogP contribution in [0.5, 0.6) is 0 Å². The minimum absolute atomic E-state index is 0.0945. The Bertz CT molecular complexity index is 975. The van der Waals surface area contributed by atoms with Crippen molar-refractivity contribution in [3.8, 4) is 11.5 Å². The first kappa shape index (κ1) is 18.5. The van der Waals surface area contributed by atoms with Gasteiger partial charge in [-0.2, -0.15) is 19.3 Å². The highest BCUT2D eigenvalue weighted by atomic mass is 19.1. The van der Waals surface area contributed by atoms with E-state index < -0.39 is 29.1 Å². The summed E-state index contributed by atoms with van der Waals surface area (Å²) in [5.41, 5.74) is 5.34. The topological polar surface area (TPSA) is 80.8 Å². The van der Waals surface area contributed by atoms with Crippen LogP contribution in [-0.2, 0) is 0 Å². The number of benzene rings is 1. The molecule has 0 spiro atoms. The Kier molecular flexibility index (Phi) is 4.89. The number of hydrogen-bond donors (Lipinski definition) is 1. The van der Waals surface area contributed by atoms with E-state index in [1.807, 2.05) is 0 Å². The fourth-order valence-corrected chi connectivity index (χ4v) is 2.49. The number of nitrogens with zero attached hydrogens (tertiary/aromatic N) is 5. The Morgan fingerprint density at radius 2 is 1.56 bits per heavy atom. The molecule has 0 aliphatic heterocycles. The lowest BCUT2D eigenvalue weighted by atomic mass is 10.2. The predicted molar refractivity (Wildman–Crippen MR) is 91.0 cm³/mol. The van der Waals surface area contributed by atoms with Gasteiger partial charge in [0.2, 0.25) is 17.8 Å². The molecule has 1 aromatic carbocycles. The summed E-state index contributed by atoms with van der Waals surface area (Å²) in [4.78, 5) is 16.6. The molecule has 3 aromatic rings. The maximum atomic E-state index is 14.0. The number of rotatable bonds is 4. The lowest BCUT2D eigenvalue weighted by Crippen LogP contribution is -2.28. The van der Waals surface area contributed by atoms with E-state index in [0.29, 0.717) is 0 Å². The monoisotopic (exact) mass is 378 g/mol. The molecule has 0 aliphatic carbocycles. The van der Waals surface area contributed by atoms with Crippen LogP contribution in [0.25, 0.3) is 11.5 Å². The van der Waals surface area contributed by atoms with Crippen LogP contribution in [0.3, 0.4) is 0 Å². The van der Waals surface area contributed by atoms with Crippen LogP contribution in [0.1, 0.15) is 13.8 Å². The van der Waals surface area contributed by atoms with Gasteiger partial charge in [-0.25, -0.2) is 18.2 Å². The van der Waals surface area contributed by atoms with Crippen LogP contribution in [0, 0.1) is 23.4 Å². The van der Waals surface area contributed by atoms with E-state index in [1.165, 1.54) is 4.90 Å². The molecule has 0 unspecified atom stereocenters. The lowest BCUT2D eigenvalue weighted by Gasteiger charge is -2.27. The second-order valence-electron chi connectivity index (χ2n) is 5.87. The molecule has 0 bridgehead atoms. The SMILES string of the molecule is CC(C)N(c1cc(F)cc(F)c1)c1nc(N)nc(-c2nc(F)ccc2F)n1. The van der Waals surface area contributed by atoms with Crippen molar-refractivity contribution in [2.45, 2.75) is 19.9 Å². The standard InChI is InChI=1S/C17H14F4N6/c1-8(2)27(11-6-9(18)5-10(19)7-11)17-25-15(24-16(22)26-17)14-12(20)3-4-13(21)23-14/h3-8H,1-2H3,(H2,22,24,25,26). The normalized spacial score (nSPS) is 11.1. The lowest BCUT2D eigenvalue weighted by molar-refractivity contribution is 0.562. The van der Waals surface area contributed by atoms with Crippen LogP contribution in [-0.4, -0.2) is 26.0 Å². The average Bonchev–Trinajstić information content (AvgIpc) is 2.55. The molecule has 2 aromatic heterocycles. The van der Waals surface area contributed by atoms with Gasteiger partial charge in [-0.3, -0.25) is 0 Å². The van der Waals surface area contributed by atoms with Gasteiger partial charge in [0, 0.05) is 17.8 Å². The number of nitrogens with two attached hydrogens (primary N) is 1. The van der Waals surface area contributed by atoms with Gasteiger partial charge in [-0.1, -0.05) is 0 Å². The molecule has 0 saturated heterocycles. The highest BCUT2D eigenvalue weighted by Gasteiger charge is 2.21. The van der Waals surface area contributed by atoms with E-state index >= 15 is 0 Å². The fourth-order valence-electron chi connectivity index (χ4n) is 2.49. The highest BCUT2D eigenvalue weighted by molar-refractivity contribution is 5.62. The van der Waals surface area contributed by atoms with E-state index in [0.717, 1.165) is 30.3 Å². The molecular weight excluding hydrogens is 364 g/mol. The van der Waals surface area contributed by atoms with Crippen molar-refractivity contribution in [3.63, 3.8) is 0 Å². The molecule has 0 atom stereocenters. The van der Waals surface area contributed by atoms with E-state index in [-0.39, 0.29) is 29.5 Å². The van der Waals surface area contributed by atoms with Crippen LogP contribution >= 0.6 is 0 Å². The average molecular weight is 378 g/mol. The molecule has 27 heavy (non-hydrogen) atoms. The summed E-state index contributed by atoms with van der Waals surface area (Å²) in [6, 6.07) is 4.26. The van der Waals surface area contributed by atoms with Gasteiger partial charge in [0.05, 0.1) is 0 Å². The van der Waals surface area contributed by atoms with E-state index in [2.05, 4.69) is 19.9 Å². The van der Waals surface area contributed by atoms with Gasteiger partial charge in [0.15, 0.2) is 11.6 Å². The molecule has 0 radical (unpaired) electrons. The molecule has 0 aliphatic rings. The van der Waals surface area contributed by atoms with E-state index in [9.17, 15) is 17.6 Å². The minimum atomic E-state index is -0.931. The molecule has 10 heteroatoms. The zero-order chi connectivity index (χ0) is 19.7. The van der Waals surface area contributed by atoms with Crippen LogP contribution in [0.15, 0.2) is 30.3 Å². The summed E-state index contributed by atoms with van der Waals surface area (Å²) in [7, 11) is 0. The van der Waals surface area contributed by atoms with Crippen LogP contribution in [0.4, 0.5) is 35.1 Å². The van der Waals surface area contributed by atoms with Crippen LogP contribution in [0.2, 0.25) is 0 Å². The molecule has 140 valence electrons. The molecule has 0 fully saturated rings. The Labute approximate surface area is 151 Å². The maximum absolute atomic E-state index is 14.0. The third-order valence-corrected chi connectivity index (χ3v) is 3.52. The largest absolute Gasteiger partial charge is 0.368 e. The first-order valence-electron chi connectivity index (χ1n) is 7.84. The molecule has 3 rings (SSSR count). The zero-order valence-corrected chi connectivity index (χ0v) is 14.3. The highest BCUT2D eigenvalue weighted by Crippen LogP contribution is 2.28. The summed E-state index contributed by atoms with van der Waals surface area (Å²) in [5.74, 6) is -4.07. The number of hydrogen-bond acceptors (Lipinski definition) is 6. The van der Waals surface area contributed by atoms with Crippen molar-refractivity contribution in [2.24, 2.45) is 0 Å². The Morgan fingerprint density at radius 1 is 0.889 bits per heavy atom. The van der Waals surface area contributed by atoms with Gasteiger partial charge in [0.1, 0.15) is 17.3 Å². The Morgan fingerprint density at radius 3 is 2.19 bits per heavy atom. The second kappa shape index (κ2) is 7.14. The molecular formula is C17H14F4N6. The summed E-state index contributed by atoms with van der Waals surface area (Å²) in [6.45, 7) is 3.45. The molecule has 0 saturated carbocycles. The summed E-state index contributed by atoms with van der Waals surface area (Å²) < 4.78 is 54.7. The summed E-state index contributed by atoms with van der Waals surface area (Å²) in [5, 5.41) is 0. The van der Waals surface area contributed by atoms with Gasteiger partial charge in [0.25, 0.3) is 0 Å². The molecule has 0 amide bonds. The minimum Gasteiger partial charge on any atom is -0.368 e. The summed E-state index contributed by atoms with van der Waals surface area (Å²) in [6.07, 6.45) is 0. The first-order valence-corrected chi connectivity index (χ1v) is 7.84. The third-order valence-electron chi connectivity index (χ3n) is 3.52. The van der Waals surface area contributed by atoms with E-state index in [4.69, 9.17) is 5.73 Å². The first-order chi connectivity index (χ1) is 12.7. The number of nitrogen functional groups attached to an aromatic ring is 1. The number of halogens is 4. The second-order valence-corrected chi connectivity index (χ2v) is 5.87. The zero-order valence-electron chi connectivity index (χ0n) is 14.3. The Hall–Kier alpha value is -3.30. The quantitative estimate of drug-likeness (QED) is 0.552. The van der Waals surface area contributed by atoms with Gasteiger partial charge >= 0.3 is 0 Å². The van der Waals surface area contributed by atoms with E-state index in [1.54, 1.807) is 13.8 Å². The van der Waals surface area contributed by atoms with Crippen molar-refractivity contribution in [1.29, 1.82) is 0 Å². The Balaban J connectivity index is 2.17. The third kappa shape index (κ3) is 3.94. The van der Waals surface area contributed by atoms with Gasteiger partial charge < -0.3 is 10.6 Å². The van der Waals surface area contributed by atoms with Crippen molar-refractivity contribution in [1.82, 2.24) is 19.9 Å². The fraction of sp³-hybridized carbons (Fsp3) is 0.176. The van der Waals surface area contributed by atoms with Gasteiger partial charge in [-0.05, 0) is 38.1 Å². The van der Waals surface area contributed by atoms with Crippen molar-refractivity contribution >= 4 is 17.6 Å². The van der Waals surface area contributed by atoms with Gasteiger partial charge in [-0.15, -0.1) is 0 Å². The number of aromatic nitrogens is 4. The van der Waals surface area contributed by atoms with Crippen molar-refractivity contribution < 1.29 is 17.6 Å². The molecule has 2 N–H and O–H groups in total. The maximum Gasteiger partial charge on any atom is 0.235 e. The van der Waals surface area contributed by atoms with Crippen molar-refractivity contribution in [2.75, 3.05) is 10.6 Å². The molecule has 6 nitrogen and oxygen atoms in total.